The number of hydrogen-bond donors (Lipinski definition) is 1. The molecule has 0 aliphatic rings. The van der Waals surface area contributed by atoms with E-state index < -0.39 is 18.5 Å². The van der Waals surface area contributed by atoms with E-state index >= 15 is 0 Å². The van der Waals surface area contributed by atoms with Crippen LogP contribution in [0, 0.1) is 5.92 Å². The molecule has 0 saturated carbocycles. The standard InChI is InChI=1S/C37H44O5/c1-6-8-28-9-12-32(13-10-28)33-14-16-34(17-15-33)35-18-11-30(24-31(35)7-2)23-29(19-21-41-36(39)26(3)4)20-22-42-37(40)27(5)25-38/h9-18,24,29,38H,3,5-8,19-23,25H2,1-2,4H3. The van der Waals surface area contributed by atoms with Crippen molar-refractivity contribution in [2.45, 2.75) is 59.3 Å². The Morgan fingerprint density at radius 1 is 0.786 bits per heavy atom. The van der Waals surface area contributed by atoms with E-state index in [0.29, 0.717) is 18.4 Å². The SMILES string of the molecule is C=C(C)C(=O)OCCC(CCOC(=O)C(=C)CO)Cc1ccc(-c2ccc(-c3ccc(CCC)cc3)cc2)c(CC)c1. The van der Waals surface area contributed by atoms with Crippen LogP contribution in [0.5, 0.6) is 0 Å². The number of aryl methyl sites for hydroxylation is 2. The second-order valence-corrected chi connectivity index (χ2v) is 10.8. The highest BCUT2D eigenvalue weighted by molar-refractivity contribution is 5.88. The van der Waals surface area contributed by atoms with Crippen LogP contribution in [0.1, 0.15) is 56.7 Å². The molecule has 0 aliphatic carbocycles. The average Bonchev–Trinajstić information content (AvgIpc) is 3.00. The third kappa shape index (κ3) is 9.56. The first-order valence-corrected chi connectivity index (χ1v) is 14.9. The number of benzene rings is 3. The van der Waals surface area contributed by atoms with Crippen molar-refractivity contribution in [1.82, 2.24) is 0 Å². The van der Waals surface area contributed by atoms with Crippen molar-refractivity contribution >= 4 is 11.9 Å². The zero-order chi connectivity index (χ0) is 30.5. The number of aliphatic hydroxyl groups is 1. The van der Waals surface area contributed by atoms with Gasteiger partial charge in [0.15, 0.2) is 0 Å². The van der Waals surface area contributed by atoms with Gasteiger partial charge >= 0.3 is 11.9 Å². The molecule has 0 amide bonds. The topological polar surface area (TPSA) is 72.8 Å². The summed E-state index contributed by atoms with van der Waals surface area (Å²) in [5.74, 6) is -0.879. The van der Waals surface area contributed by atoms with E-state index in [0.717, 1.165) is 25.7 Å². The molecule has 0 aliphatic heterocycles. The monoisotopic (exact) mass is 568 g/mol. The number of ether oxygens (including phenoxy) is 2. The highest BCUT2D eigenvalue weighted by Crippen LogP contribution is 2.30. The summed E-state index contributed by atoms with van der Waals surface area (Å²) in [5, 5.41) is 9.11. The molecule has 0 radical (unpaired) electrons. The molecule has 1 unspecified atom stereocenters. The number of carbonyl (C=O) groups is 2. The Bertz CT molecular complexity index is 1350. The van der Waals surface area contributed by atoms with Gasteiger partial charge in [-0.05, 0) is 83.9 Å². The van der Waals surface area contributed by atoms with Crippen molar-refractivity contribution in [2.75, 3.05) is 19.8 Å². The van der Waals surface area contributed by atoms with Crippen LogP contribution < -0.4 is 0 Å². The third-order valence-corrected chi connectivity index (χ3v) is 7.44. The Labute approximate surface area is 250 Å². The Morgan fingerprint density at radius 2 is 1.33 bits per heavy atom. The smallest absolute Gasteiger partial charge is 0.335 e. The molecule has 0 heterocycles. The van der Waals surface area contributed by atoms with Crippen LogP contribution in [-0.2, 0) is 38.3 Å². The van der Waals surface area contributed by atoms with Crippen LogP contribution in [0.3, 0.4) is 0 Å². The fraction of sp³-hybridized carbons (Fsp3) is 0.351. The molecule has 0 bridgehead atoms. The number of aliphatic hydroxyl groups excluding tert-OH is 1. The molecule has 1 atom stereocenters. The molecule has 1 N–H and O–H groups in total. The van der Waals surface area contributed by atoms with Gasteiger partial charge in [-0.25, -0.2) is 9.59 Å². The quantitative estimate of drug-likeness (QED) is 0.142. The molecule has 0 spiro atoms. The number of hydrogen-bond acceptors (Lipinski definition) is 5. The molecule has 5 heteroatoms. The predicted octanol–water partition coefficient (Wildman–Crippen LogP) is 7.69. The van der Waals surface area contributed by atoms with Gasteiger partial charge in [-0.2, -0.15) is 0 Å². The van der Waals surface area contributed by atoms with Crippen LogP contribution in [0.15, 0.2) is 91.0 Å². The molecule has 3 aromatic carbocycles. The molecule has 3 rings (SSSR count). The summed E-state index contributed by atoms with van der Waals surface area (Å²) < 4.78 is 10.6. The Kier molecular flexibility index (Phi) is 12.8. The summed E-state index contributed by atoms with van der Waals surface area (Å²) in [6, 6.07) is 24.2. The molecule has 222 valence electrons. The third-order valence-electron chi connectivity index (χ3n) is 7.44. The van der Waals surface area contributed by atoms with Crippen molar-refractivity contribution in [2.24, 2.45) is 5.92 Å². The molecule has 3 aromatic rings. The van der Waals surface area contributed by atoms with E-state index in [1.165, 1.54) is 38.9 Å². The molecular formula is C37H44O5. The number of rotatable bonds is 16. The van der Waals surface area contributed by atoms with Gasteiger partial charge in [-0.1, -0.05) is 100 Å². The first-order valence-electron chi connectivity index (χ1n) is 14.9. The van der Waals surface area contributed by atoms with Crippen LogP contribution in [0.25, 0.3) is 22.3 Å². The van der Waals surface area contributed by atoms with Gasteiger partial charge in [-0.3, -0.25) is 0 Å². The lowest BCUT2D eigenvalue weighted by Crippen LogP contribution is -2.17. The highest BCUT2D eigenvalue weighted by atomic mass is 16.5. The zero-order valence-electron chi connectivity index (χ0n) is 25.3. The van der Waals surface area contributed by atoms with Gasteiger partial charge in [-0.15, -0.1) is 0 Å². The molecule has 0 fully saturated rings. The van der Waals surface area contributed by atoms with Gasteiger partial charge in [0.25, 0.3) is 0 Å². The zero-order valence-corrected chi connectivity index (χ0v) is 25.3. The van der Waals surface area contributed by atoms with Crippen LogP contribution in [0.2, 0.25) is 0 Å². The second kappa shape index (κ2) is 16.5. The average molecular weight is 569 g/mol. The lowest BCUT2D eigenvalue weighted by atomic mass is 9.89. The number of carbonyl (C=O) groups excluding carboxylic acids is 2. The van der Waals surface area contributed by atoms with E-state index in [9.17, 15) is 9.59 Å². The van der Waals surface area contributed by atoms with E-state index in [1.807, 2.05) is 0 Å². The Morgan fingerprint density at radius 3 is 1.88 bits per heavy atom. The summed E-state index contributed by atoms with van der Waals surface area (Å²) in [4.78, 5) is 23.8. The minimum Gasteiger partial charge on any atom is -0.462 e. The normalized spacial score (nSPS) is 11.5. The second-order valence-electron chi connectivity index (χ2n) is 10.8. The van der Waals surface area contributed by atoms with E-state index in [2.05, 4.69) is 93.7 Å². The van der Waals surface area contributed by atoms with Crippen LogP contribution >= 0.6 is 0 Å². The van der Waals surface area contributed by atoms with Gasteiger partial charge < -0.3 is 14.6 Å². The van der Waals surface area contributed by atoms with Crippen LogP contribution in [-0.4, -0.2) is 36.9 Å². The summed E-state index contributed by atoms with van der Waals surface area (Å²) >= 11 is 0. The largest absolute Gasteiger partial charge is 0.462 e. The van der Waals surface area contributed by atoms with E-state index in [1.54, 1.807) is 6.92 Å². The molecule has 5 nitrogen and oxygen atoms in total. The van der Waals surface area contributed by atoms with Crippen molar-refractivity contribution in [3.05, 3.63) is 108 Å². The fourth-order valence-corrected chi connectivity index (χ4v) is 4.95. The maximum Gasteiger partial charge on any atom is 0.335 e. The van der Waals surface area contributed by atoms with Crippen molar-refractivity contribution in [3.63, 3.8) is 0 Å². The first-order chi connectivity index (χ1) is 20.2. The maximum atomic E-state index is 11.9. The van der Waals surface area contributed by atoms with Gasteiger partial charge in [0.1, 0.15) is 0 Å². The van der Waals surface area contributed by atoms with E-state index in [4.69, 9.17) is 14.6 Å². The fourth-order valence-electron chi connectivity index (χ4n) is 4.95. The van der Waals surface area contributed by atoms with Crippen molar-refractivity contribution in [1.29, 1.82) is 0 Å². The summed E-state index contributed by atoms with van der Waals surface area (Å²) in [5.41, 5.74) is 9.04. The minimum atomic E-state index is -0.595. The minimum absolute atomic E-state index is 0.0306. The lowest BCUT2D eigenvalue weighted by Gasteiger charge is -2.19. The van der Waals surface area contributed by atoms with E-state index in [-0.39, 0.29) is 24.7 Å². The Balaban J connectivity index is 1.72. The van der Waals surface area contributed by atoms with Gasteiger partial charge in [0, 0.05) is 5.57 Å². The molecule has 42 heavy (non-hydrogen) atoms. The van der Waals surface area contributed by atoms with Crippen molar-refractivity contribution < 1.29 is 24.2 Å². The summed E-state index contributed by atoms with van der Waals surface area (Å²) in [6.07, 6.45) is 5.12. The molecule has 0 saturated heterocycles. The first kappa shape index (κ1) is 32.6. The van der Waals surface area contributed by atoms with Crippen LogP contribution in [0.4, 0.5) is 0 Å². The highest BCUT2D eigenvalue weighted by Gasteiger charge is 2.16. The Hall–Kier alpha value is -3.96. The van der Waals surface area contributed by atoms with Gasteiger partial charge in [0.05, 0.1) is 25.4 Å². The molecule has 0 aromatic heterocycles. The predicted molar refractivity (Wildman–Crippen MR) is 170 cm³/mol. The van der Waals surface area contributed by atoms with Crippen molar-refractivity contribution in [3.8, 4) is 22.3 Å². The molecular weight excluding hydrogens is 524 g/mol. The maximum absolute atomic E-state index is 11.9. The van der Waals surface area contributed by atoms with Gasteiger partial charge in [0.2, 0.25) is 0 Å². The summed E-state index contributed by atoms with van der Waals surface area (Å²) in [7, 11) is 0. The summed E-state index contributed by atoms with van der Waals surface area (Å²) in [6.45, 7) is 13.2. The lowest BCUT2D eigenvalue weighted by molar-refractivity contribution is -0.139. The number of esters is 2.